The Morgan fingerprint density at radius 3 is 2.80 bits per heavy atom. The van der Waals surface area contributed by atoms with E-state index in [9.17, 15) is 9.18 Å². The highest BCUT2D eigenvalue weighted by Crippen LogP contribution is 2.26. The maximum Gasteiger partial charge on any atom is 0.181 e. The second-order valence-corrected chi connectivity index (χ2v) is 2.94. The summed E-state index contributed by atoms with van der Waals surface area (Å²) in [6, 6.07) is 3.93. The largest absolute Gasteiger partial charge is 0.494 e. The maximum atomic E-state index is 13.1. The topological polar surface area (TPSA) is 50.1 Å². The monoisotopic (exact) mass is 227 g/mol. The van der Waals surface area contributed by atoms with Crippen molar-refractivity contribution < 1.29 is 13.9 Å². The van der Waals surface area contributed by atoms with E-state index in [1.54, 1.807) is 6.07 Å². The summed E-state index contributed by atoms with van der Waals surface area (Å²) in [7, 11) is 1.26. The summed E-state index contributed by atoms with van der Waals surface area (Å²) < 4.78 is 18.0. The highest BCUT2D eigenvalue weighted by molar-refractivity contribution is 6.30. The Balaban J connectivity index is 3.43. The number of methoxy groups -OCH3 is 1. The van der Waals surface area contributed by atoms with E-state index in [1.807, 2.05) is 0 Å². The zero-order valence-corrected chi connectivity index (χ0v) is 8.64. The molecule has 0 saturated carbocycles. The molecule has 0 bridgehead atoms. The summed E-state index contributed by atoms with van der Waals surface area (Å²) in [6.07, 6.45) is 0. The zero-order chi connectivity index (χ0) is 11.4. The van der Waals surface area contributed by atoms with Gasteiger partial charge in [0.2, 0.25) is 0 Å². The Hall–Kier alpha value is -1.60. The number of ether oxygens (including phenoxy) is 1. The summed E-state index contributed by atoms with van der Waals surface area (Å²) in [6.45, 7) is 0. The van der Waals surface area contributed by atoms with Crippen molar-refractivity contribution in [2.24, 2.45) is 0 Å². The summed E-state index contributed by atoms with van der Waals surface area (Å²) in [5, 5.41) is 8.70. The highest BCUT2D eigenvalue weighted by atomic mass is 35.5. The molecule has 1 aromatic carbocycles. The first kappa shape index (κ1) is 11.5. The van der Waals surface area contributed by atoms with Gasteiger partial charge in [0.05, 0.1) is 18.6 Å². The molecular weight excluding hydrogens is 221 g/mol. The van der Waals surface area contributed by atoms with Crippen LogP contribution in [0.1, 0.15) is 15.9 Å². The van der Waals surface area contributed by atoms with Crippen LogP contribution < -0.4 is 4.74 Å². The van der Waals surface area contributed by atoms with Gasteiger partial charge in [-0.2, -0.15) is 5.26 Å². The lowest BCUT2D eigenvalue weighted by atomic mass is 10.1. The van der Waals surface area contributed by atoms with E-state index in [4.69, 9.17) is 21.6 Å². The van der Waals surface area contributed by atoms with Crippen LogP contribution in [0.5, 0.6) is 5.75 Å². The quantitative estimate of drug-likeness (QED) is 0.587. The van der Waals surface area contributed by atoms with Gasteiger partial charge in [0.1, 0.15) is 23.2 Å². The van der Waals surface area contributed by atoms with Crippen molar-refractivity contribution in [3.8, 4) is 11.8 Å². The van der Waals surface area contributed by atoms with E-state index >= 15 is 0 Å². The van der Waals surface area contributed by atoms with Gasteiger partial charge in [0, 0.05) is 0 Å². The predicted octanol–water partition coefficient (Wildman–Crippen LogP) is 2.13. The molecule has 3 nitrogen and oxygen atoms in total. The lowest BCUT2D eigenvalue weighted by Crippen LogP contribution is -2.06. The van der Waals surface area contributed by atoms with Crippen LogP contribution in [0.4, 0.5) is 4.39 Å². The molecule has 1 rings (SSSR count). The molecule has 0 N–H and O–H groups in total. The van der Waals surface area contributed by atoms with Gasteiger partial charge in [0.25, 0.3) is 0 Å². The summed E-state index contributed by atoms with van der Waals surface area (Å²) in [5.74, 6) is -1.44. The molecule has 5 heteroatoms. The lowest BCUT2D eigenvalue weighted by molar-refractivity contribution is 0.101. The molecule has 0 spiro atoms. The molecule has 0 aliphatic heterocycles. The molecule has 0 saturated heterocycles. The summed E-state index contributed by atoms with van der Waals surface area (Å²) in [4.78, 5) is 11.3. The SMILES string of the molecule is COc1c(C(=O)CCl)ccc(F)c1C#N. The Morgan fingerprint density at radius 2 is 2.33 bits per heavy atom. The Bertz CT molecular complexity index is 440. The predicted molar refractivity (Wildman–Crippen MR) is 52.7 cm³/mol. The third kappa shape index (κ3) is 2.08. The smallest absolute Gasteiger partial charge is 0.181 e. The number of carbonyl (C=O) groups is 1. The molecule has 1 aromatic rings. The third-order valence-electron chi connectivity index (χ3n) is 1.84. The van der Waals surface area contributed by atoms with Crippen LogP contribution >= 0.6 is 11.6 Å². The molecule has 0 aliphatic carbocycles. The maximum absolute atomic E-state index is 13.1. The van der Waals surface area contributed by atoms with Crippen molar-refractivity contribution in [2.75, 3.05) is 13.0 Å². The second-order valence-electron chi connectivity index (χ2n) is 2.67. The molecule has 15 heavy (non-hydrogen) atoms. The first-order valence-corrected chi connectivity index (χ1v) is 4.55. The van der Waals surface area contributed by atoms with Gasteiger partial charge in [-0.1, -0.05) is 0 Å². The van der Waals surface area contributed by atoms with Crippen LogP contribution in [0.15, 0.2) is 12.1 Å². The van der Waals surface area contributed by atoms with Gasteiger partial charge < -0.3 is 4.74 Å². The number of alkyl halides is 1. The van der Waals surface area contributed by atoms with Gasteiger partial charge in [-0.25, -0.2) is 4.39 Å². The van der Waals surface area contributed by atoms with Crippen molar-refractivity contribution in [3.05, 3.63) is 29.1 Å². The first-order chi connectivity index (χ1) is 7.15. The Kier molecular flexibility index (Phi) is 3.64. The number of rotatable bonds is 3. The minimum absolute atomic E-state index is 0.0665. The van der Waals surface area contributed by atoms with Crippen LogP contribution in [0.25, 0.3) is 0 Å². The summed E-state index contributed by atoms with van der Waals surface area (Å²) >= 11 is 5.37. The number of benzene rings is 1. The van der Waals surface area contributed by atoms with E-state index in [0.717, 1.165) is 6.07 Å². The van der Waals surface area contributed by atoms with Crippen molar-refractivity contribution in [3.63, 3.8) is 0 Å². The fraction of sp³-hybridized carbons (Fsp3) is 0.200. The van der Waals surface area contributed by atoms with Crippen LogP contribution in [-0.2, 0) is 0 Å². The Morgan fingerprint density at radius 1 is 1.67 bits per heavy atom. The number of carbonyl (C=O) groups excluding carboxylic acids is 1. The van der Waals surface area contributed by atoms with Crippen molar-refractivity contribution in [2.45, 2.75) is 0 Å². The average molecular weight is 228 g/mol. The van der Waals surface area contributed by atoms with Gasteiger partial charge in [0.15, 0.2) is 5.78 Å². The standard InChI is InChI=1S/C10H7ClFNO2/c1-15-10-6(9(14)4-11)2-3-8(12)7(10)5-13/h2-3H,4H2,1H3. The lowest BCUT2D eigenvalue weighted by Gasteiger charge is -2.08. The molecule has 78 valence electrons. The van der Waals surface area contributed by atoms with Crippen molar-refractivity contribution >= 4 is 17.4 Å². The van der Waals surface area contributed by atoms with Crippen LogP contribution in [-0.4, -0.2) is 18.8 Å². The molecule has 0 aromatic heterocycles. The molecule has 0 fully saturated rings. The third-order valence-corrected chi connectivity index (χ3v) is 2.09. The number of hydrogen-bond acceptors (Lipinski definition) is 3. The minimum atomic E-state index is -0.722. The van der Waals surface area contributed by atoms with E-state index in [0.29, 0.717) is 0 Å². The van der Waals surface area contributed by atoms with E-state index in [1.165, 1.54) is 13.2 Å². The molecule has 0 unspecified atom stereocenters. The summed E-state index contributed by atoms with van der Waals surface area (Å²) in [5.41, 5.74) is -0.168. The minimum Gasteiger partial charge on any atom is -0.494 e. The van der Waals surface area contributed by atoms with Crippen LogP contribution in [0.3, 0.4) is 0 Å². The first-order valence-electron chi connectivity index (χ1n) is 4.01. The highest BCUT2D eigenvalue weighted by Gasteiger charge is 2.18. The van der Waals surface area contributed by atoms with Gasteiger partial charge >= 0.3 is 0 Å². The molecule has 0 atom stereocenters. The number of nitriles is 1. The van der Waals surface area contributed by atoms with Gasteiger partial charge in [-0.3, -0.25) is 4.79 Å². The fourth-order valence-corrected chi connectivity index (χ4v) is 1.31. The zero-order valence-electron chi connectivity index (χ0n) is 7.88. The van der Waals surface area contributed by atoms with Crippen LogP contribution in [0.2, 0.25) is 0 Å². The number of halogens is 2. The second kappa shape index (κ2) is 4.76. The number of Topliss-reactive ketones (excluding diaryl/α,β-unsaturated/α-hetero) is 1. The number of nitrogens with zero attached hydrogens (tertiary/aromatic N) is 1. The normalized spacial score (nSPS) is 9.47. The van der Waals surface area contributed by atoms with Crippen LogP contribution in [0, 0.1) is 17.1 Å². The number of ketones is 1. The average Bonchev–Trinajstić information content (AvgIpc) is 2.27. The van der Waals surface area contributed by atoms with E-state index < -0.39 is 11.6 Å². The van der Waals surface area contributed by atoms with E-state index in [2.05, 4.69) is 0 Å². The molecule has 0 heterocycles. The molecule has 0 aliphatic rings. The molecular formula is C10H7ClFNO2. The number of hydrogen-bond donors (Lipinski definition) is 0. The van der Waals surface area contributed by atoms with Crippen molar-refractivity contribution in [1.29, 1.82) is 5.26 Å². The molecule has 0 amide bonds. The fourth-order valence-electron chi connectivity index (χ4n) is 1.17. The Labute approximate surface area is 91.0 Å². The van der Waals surface area contributed by atoms with Gasteiger partial charge in [-0.15, -0.1) is 11.6 Å². The van der Waals surface area contributed by atoms with Gasteiger partial charge in [-0.05, 0) is 12.1 Å². The van der Waals surface area contributed by atoms with Crippen molar-refractivity contribution in [1.82, 2.24) is 0 Å². The molecule has 0 radical (unpaired) electrons. The van der Waals surface area contributed by atoms with E-state index in [-0.39, 0.29) is 22.8 Å².